The number of hydrogen-bond acceptors (Lipinski definition) is 5. The van der Waals surface area contributed by atoms with E-state index in [9.17, 15) is 14.0 Å². The van der Waals surface area contributed by atoms with Gasteiger partial charge in [-0.05, 0) is 18.2 Å². The van der Waals surface area contributed by atoms with Crippen LogP contribution in [0.15, 0.2) is 30.6 Å². The second-order valence-corrected chi connectivity index (χ2v) is 6.48. The molecule has 2 heterocycles. The van der Waals surface area contributed by atoms with Crippen LogP contribution in [-0.2, 0) is 11.8 Å². The molecule has 0 spiro atoms. The van der Waals surface area contributed by atoms with Crippen LogP contribution in [0.1, 0.15) is 35.1 Å². The molecule has 7 nitrogen and oxygen atoms in total. The average molecular weight is 411 g/mol. The highest BCUT2D eigenvalue weighted by molar-refractivity contribution is 5.98. The molecular formula is C19H24ClFN4O3. The SMILES string of the molecule is COc1ccc(C(=O)CCC(=O)N2CCNCC2c2nccn2C)cc1F.Cl. The van der Waals surface area contributed by atoms with Crippen LogP contribution >= 0.6 is 12.4 Å². The predicted molar refractivity (Wildman–Crippen MR) is 104 cm³/mol. The molecule has 1 aromatic heterocycles. The summed E-state index contributed by atoms with van der Waals surface area (Å²) in [5, 5.41) is 3.28. The van der Waals surface area contributed by atoms with Crippen LogP contribution in [0.4, 0.5) is 4.39 Å². The van der Waals surface area contributed by atoms with E-state index in [0.29, 0.717) is 19.6 Å². The molecule has 2 aromatic rings. The Bertz CT molecular complexity index is 842. The van der Waals surface area contributed by atoms with Crippen molar-refractivity contribution in [2.24, 2.45) is 7.05 Å². The van der Waals surface area contributed by atoms with Crippen molar-refractivity contribution in [2.75, 3.05) is 26.7 Å². The Morgan fingerprint density at radius 2 is 2.14 bits per heavy atom. The number of piperazine rings is 1. The minimum absolute atomic E-state index is 0. The minimum Gasteiger partial charge on any atom is -0.494 e. The van der Waals surface area contributed by atoms with Crippen molar-refractivity contribution in [3.05, 3.63) is 47.8 Å². The third-order valence-electron chi connectivity index (χ3n) is 4.76. The number of imidazole rings is 1. The zero-order valence-electron chi connectivity index (χ0n) is 15.9. The Kier molecular flexibility index (Phi) is 7.53. The molecule has 0 radical (unpaired) electrons. The van der Waals surface area contributed by atoms with Crippen molar-refractivity contribution in [3.8, 4) is 5.75 Å². The van der Waals surface area contributed by atoms with Crippen molar-refractivity contribution in [1.29, 1.82) is 0 Å². The van der Waals surface area contributed by atoms with Gasteiger partial charge in [-0.15, -0.1) is 12.4 Å². The third-order valence-corrected chi connectivity index (χ3v) is 4.76. The summed E-state index contributed by atoms with van der Waals surface area (Å²) < 4.78 is 20.5. The molecule has 9 heteroatoms. The quantitative estimate of drug-likeness (QED) is 0.738. The number of hydrogen-bond donors (Lipinski definition) is 1. The van der Waals surface area contributed by atoms with Gasteiger partial charge in [0.25, 0.3) is 0 Å². The molecule has 1 atom stereocenters. The number of ketones is 1. The van der Waals surface area contributed by atoms with E-state index in [4.69, 9.17) is 4.74 Å². The highest BCUT2D eigenvalue weighted by Gasteiger charge is 2.30. The van der Waals surface area contributed by atoms with Crippen molar-refractivity contribution < 1.29 is 18.7 Å². The van der Waals surface area contributed by atoms with Gasteiger partial charge in [0.15, 0.2) is 17.3 Å². The van der Waals surface area contributed by atoms with Gasteiger partial charge < -0.3 is 19.5 Å². The zero-order chi connectivity index (χ0) is 19.4. The normalized spacial score (nSPS) is 16.4. The van der Waals surface area contributed by atoms with E-state index in [1.54, 1.807) is 11.1 Å². The summed E-state index contributed by atoms with van der Waals surface area (Å²) in [5.41, 5.74) is 0.238. The maximum absolute atomic E-state index is 13.8. The summed E-state index contributed by atoms with van der Waals surface area (Å²) in [6.07, 6.45) is 3.65. The lowest BCUT2D eigenvalue weighted by atomic mass is 10.0. The lowest BCUT2D eigenvalue weighted by molar-refractivity contribution is -0.134. The lowest BCUT2D eigenvalue weighted by Gasteiger charge is -2.35. The molecule has 152 valence electrons. The highest BCUT2D eigenvalue weighted by Crippen LogP contribution is 2.23. The molecule has 1 saturated heterocycles. The van der Waals surface area contributed by atoms with Crippen molar-refractivity contribution in [3.63, 3.8) is 0 Å². The smallest absolute Gasteiger partial charge is 0.223 e. The number of aromatic nitrogens is 2. The lowest BCUT2D eigenvalue weighted by Crippen LogP contribution is -2.49. The number of amides is 1. The second kappa shape index (κ2) is 9.66. The minimum atomic E-state index is -0.591. The summed E-state index contributed by atoms with van der Waals surface area (Å²) in [6.45, 7) is 1.88. The Morgan fingerprint density at radius 3 is 2.79 bits per heavy atom. The average Bonchev–Trinajstić information content (AvgIpc) is 3.11. The molecule has 3 rings (SSSR count). The zero-order valence-corrected chi connectivity index (χ0v) is 16.7. The first-order valence-corrected chi connectivity index (χ1v) is 8.85. The Balaban J connectivity index is 0.00000280. The number of benzene rings is 1. The van der Waals surface area contributed by atoms with Crippen LogP contribution < -0.4 is 10.1 Å². The van der Waals surface area contributed by atoms with Gasteiger partial charge in [0.2, 0.25) is 5.91 Å². The number of carbonyl (C=O) groups excluding carboxylic acids is 2. The molecule has 1 unspecified atom stereocenters. The summed E-state index contributed by atoms with van der Waals surface area (Å²) >= 11 is 0. The molecule has 1 amide bonds. The number of ether oxygens (including phenoxy) is 1. The molecule has 1 N–H and O–H groups in total. The Morgan fingerprint density at radius 1 is 1.36 bits per heavy atom. The molecule has 1 aliphatic rings. The number of nitrogens with one attached hydrogen (secondary N) is 1. The largest absolute Gasteiger partial charge is 0.494 e. The predicted octanol–water partition coefficient (Wildman–Crippen LogP) is 2.13. The number of rotatable bonds is 6. The van der Waals surface area contributed by atoms with Gasteiger partial charge in [-0.2, -0.15) is 0 Å². The van der Waals surface area contributed by atoms with E-state index in [0.717, 1.165) is 11.9 Å². The van der Waals surface area contributed by atoms with Gasteiger partial charge in [0, 0.05) is 57.5 Å². The first kappa shape index (κ1) is 21.8. The number of Topliss-reactive ketones (excluding diaryl/α,β-unsaturated/α-hetero) is 1. The summed E-state index contributed by atoms with van der Waals surface area (Å²) in [4.78, 5) is 31.2. The fourth-order valence-electron chi connectivity index (χ4n) is 3.28. The second-order valence-electron chi connectivity index (χ2n) is 6.48. The van der Waals surface area contributed by atoms with E-state index < -0.39 is 5.82 Å². The summed E-state index contributed by atoms with van der Waals surface area (Å²) in [7, 11) is 3.26. The molecule has 1 aromatic carbocycles. The summed E-state index contributed by atoms with van der Waals surface area (Å²) in [5.74, 6) is -0.0764. The molecule has 1 fully saturated rings. The number of carbonyl (C=O) groups is 2. The van der Waals surface area contributed by atoms with Gasteiger partial charge in [0.05, 0.1) is 7.11 Å². The monoisotopic (exact) mass is 410 g/mol. The molecule has 0 bridgehead atoms. The number of aryl methyl sites for hydroxylation is 1. The molecule has 0 saturated carbocycles. The van der Waals surface area contributed by atoms with Crippen LogP contribution in [0.5, 0.6) is 5.75 Å². The first-order valence-electron chi connectivity index (χ1n) is 8.85. The molecule has 1 aliphatic heterocycles. The van der Waals surface area contributed by atoms with Crippen molar-refractivity contribution in [1.82, 2.24) is 19.8 Å². The maximum atomic E-state index is 13.8. The van der Waals surface area contributed by atoms with Gasteiger partial charge in [0.1, 0.15) is 11.9 Å². The van der Waals surface area contributed by atoms with E-state index in [-0.39, 0.29) is 54.3 Å². The van der Waals surface area contributed by atoms with Crippen molar-refractivity contribution >= 4 is 24.1 Å². The van der Waals surface area contributed by atoms with Gasteiger partial charge in [-0.1, -0.05) is 0 Å². The van der Waals surface area contributed by atoms with E-state index in [1.165, 1.54) is 19.2 Å². The van der Waals surface area contributed by atoms with E-state index in [2.05, 4.69) is 10.3 Å². The third kappa shape index (κ3) is 4.69. The fraction of sp³-hybridized carbons (Fsp3) is 0.421. The van der Waals surface area contributed by atoms with Crippen LogP contribution in [0.2, 0.25) is 0 Å². The van der Waals surface area contributed by atoms with Gasteiger partial charge in [-0.3, -0.25) is 9.59 Å². The number of methoxy groups -OCH3 is 1. The van der Waals surface area contributed by atoms with Crippen LogP contribution in [-0.4, -0.2) is 52.9 Å². The molecule has 0 aliphatic carbocycles. The van der Waals surface area contributed by atoms with E-state index >= 15 is 0 Å². The molecular weight excluding hydrogens is 387 g/mol. The highest BCUT2D eigenvalue weighted by atomic mass is 35.5. The summed E-state index contributed by atoms with van der Waals surface area (Å²) in [6, 6.07) is 3.90. The Labute approximate surface area is 169 Å². The molecule has 28 heavy (non-hydrogen) atoms. The van der Waals surface area contributed by atoms with E-state index in [1.807, 2.05) is 17.8 Å². The van der Waals surface area contributed by atoms with Crippen molar-refractivity contribution in [2.45, 2.75) is 18.9 Å². The van der Waals surface area contributed by atoms with Gasteiger partial charge in [-0.25, -0.2) is 9.37 Å². The van der Waals surface area contributed by atoms with Gasteiger partial charge >= 0.3 is 0 Å². The van der Waals surface area contributed by atoms with Crippen LogP contribution in [0.25, 0.3) is 0 Å². The number of halogens is 2. The first-order chi connectivity index (χ1) is 13.0. The fourth-order valence-corrected chi connectivity index (χ4v) is 3.28. The van der Waals surface area contributed by atoms with Crippen LogP contribution in [0.3, 0.4) is 0 Å². The topological polar surface area (TPSA) is 76.5 Å². The maximum Gasteiger partial charge on any atom is 0.223 e. The standard InChI is InChI=1S/C19H23FN4O3.ClH/c1-23-9-8-22-19(23)15-12-21-7-10-24(15)18(26)6-4-16(25)13-3-5-17(27-2)14(20)11-13;/h3,5,8-9,11,15,21H,4,6-7,10,12H2,1-2H3;1H. The number of nitrogens with zero attached hydrogens (tertiary/aromatic N) is 3. The Hall–Kier alpha value is -2.45. The van der Waals surface area contributed by atoms with Crippen LogP contribution in [0, 0.1) is 5.82 Å².